The van der Waals surface area contributed by atoms with Crippen molar-refractivity contribution in [2.75, 3.05) is 6.54 Å². The first kappa shape index (κ1) is 9.46. The molecule has 80 valence electrons. The second kappa shape index (κ2) is 3.67. The zero-order chi connectivity index (χ0) is 11.0. The van der Waals surface area contributed by atoms with E-state index in [1.807, 2.05) is 18.2 Å². The van der Waals surface area contributed by atoms with Gasteiger partial charge in [-0.1, -0.05) is 12.1 Å². The van der Waals surface area contributed by atoms with Crippen LogP contribution in [0.3, 0.4) is 0 Å². The molecule has 0 bridgehead atoms. The number of nitrogens with zero attached hydrogens (tertiary/aromatic N) is 2. The average Bonchev–Trinajstić information content (AvgIpc) is 2.70. The van der Waals surface area contributed by atoms with Crippen molar-refractivity contribution in [2.24, 2.45) is 9.98 Å². The Hall–Kier alpha value is -1.77. The van der Waals surface area contributed by atoms with Gasteiger partial charge in [-0.05, 0) is 25.3 Å². The van der Waals surface area contributed by atoms with Gasteiger partial charge in [-0.15, -0.1) is 0 Å². The number of carbonyl (C=O) groups excluding carboxylic acids is 1. The molecule has 0 unspecified atom stereocenters. The highest BCUT2D eigenvalue weighted by Gasteiger charge is 2.13. The summed E-state index contributed by atoms with van der Waals surface area (Å²) in [4.78, 5) is 19.8. The SMILES string of the molecule is O=C1C=c2c(C3=NCCCC3)cccc2=N1. The lowest BCUT2D eigenvalue weighted by Gasteiger charge is -2.11. The van der Waals surface area contributed by atoms with Crippen LogP contribution in [0.15, 0.2) is 28.2 Å². The molecular weight excluding hydrogens is 200 g/mol. The third-order valence-electron chi connectivity index (χ3n) is 3.02. The Kier molecular flexibility index (Phi) is 2.17. The smallest absolute Gasteiger partial charge is 0.270 e. The van der Waals surface area contributed by atoms with E-state index in [9.17, 15) is 4.79 Å². The molecule has 2 aliphatic heterocycles. The van der Waals surface area contributed by atoms with E-state index in [1.54, 1.807) is 6.08 Å². The Balaban J connectivity index is 2.21. The van der Waals surface area contributed by atoms with Crippen LogP contribution < -0.4 is 10.6 Å². The van der Waals surface area contributed by atoms with Crippen LogP contribution in [0, 0.1) is 0 Å². The van der Waals surface area contributed by atoms with E-state index in [-0.39, 0.29) is 5.91 Å². The zero-order valence-electron chi connectivity index (χ0n) is 8.94. The molecule has 2 heterocycles. The average molecular weight is 212 g/mol. The Morgan fingerprint density at radius 1 is 1.19 bits per heavy atom. The fourth-order valence-electron chi connectivity index (χ4n) is 2.25. The molecular formula is C13H12N2O. The molecule has 3 heteroatoms. The van der Waals surface area contributed by atoms with Crippen LogP contribution >= 0.6 is 0 Å². The van der Waals surface area contributed by atoms with Crippen molar-refractivity contribution < 1.29 is 4.79 Å². The van der Waals surface area contributed by atoms with E-state index in [0.29, 0.717) is 0 Å². The molecule has 1 aromatic carbocycles. The summed E-state index contributed by atoms with van der Waals surface area (Å²) < 4.78 is 0. The molecule has 0 aliphatic carbocycles. The quantitative estimate of drug-likeness (QED) is 0.672. The van der Waals surface area contributed by atoms with Gasteiger partial charge in [-0.25, -0.2) is 4.99 Å². The second-order valence-electron chi connectivity index (χ2n) is 4.12. The van der Waals surface area contributed by atoms with E-state index in [4.69, 9.17) is 0 Å². The first-order valence-electron chi connectivity index (χ1n) is 5.62. The molecule has 0 saturated carbocycles. The van der Waals surface area contributed by atoms with Gasteiger partial charge in [0, 0.05) is 29.1 Å². The van der Waals surface area contributed by atoms with Gasteiger partial charge in [0.2, 0.25) is 0 Å². The maximum atomic E-state index is 11.3. The van der Waals surface area contributed by atoms with Crippen molar-refractivity contribution in [1.29, 1.82) is 0 Å². The Morgan fingerprint density at radius 3 is 2.94 bits per heavy atom. The van der Waals surface area contributed by atoms with Gasteiger partial charge in [0.05, 0.1) is 5.36 Å². The molecule has 3 nitrogen and oxygen atoms in total. The highest BCUT2D eigenvalue weighted by Crippen LogP contribution is 2.10. The molecule has 0 N–H and O–H groups in total. The lowest BCUT2D eigenvalue weighted by Crippen LogP contribution is -2.29. The summed E-state index contributed by atoms with van der Waals surface area (Å²) in [5.74, 6) is -0.154. The van der Waals surface area contributed by atoms with Crippen molar-refractivity contribution in [1.82, 2.24) is 0 Å². The standard InChI is InChI=1S/C13H12N2O/c16-13-8-10-9(4-3-6-12(10)15-13)11-5-1-2-7-14-11/h3-4,6,8H,1-2,5,7H2. The summed E-state index contributed by atoms with van der Waals surface area (Å²) in [5.41, 5.74) is 2.22. The highest BCUT2D eigenvalue weighted by atomic mass is 16.1. The largest absolute Gasteiger partial charge is 0.289 e. The van der Waals surface area contributed by atoms with E-state index in [1.165, 1.54) is 12.8 Å². The number of hydrogen-bond acceptors (Lipinski definition) is 2. The van der Waals surface area contributed by atoms with E-state index >= 15 is 0 Å². The summed E-state index contributed by atoms with van der Waals surface area (Å²) in [6.45, 7) is 0.907. The lowest BCUT2D eigenvalue weighted by atomic mass is 10.00. The van der Waals surface area contributed by atoms with Gasteiger partial charge >= 0.3 is 0 Å². The number of hydrogen-bond donors (Lipinski definition) is 0. The van der Waals surface area contributed by atoms with Crippen molar-refractivity contribution in [3.05, 3.63) is 34.3 Å². The molecule has 0 radical (unpaired) electrons. The molecule has 1 amide bonds. The highest BCUT2D eigenvalue weighted by molar-refractivity contribution is 6.09. The molecule has 0 fully saturated rings. The Labute approximate surface area is 93.2 Å². The zero-order valence-corrected chi connectivity index (χ0v) is 8.94. The van der Waals surface area contributed by atoms with Crippen LogP contribution in [0.5, 0.6) is 0 Å². The third kappa shape index (κ3) is 1.48. The summed E-state index contributed by atoms with van der Waals surface area (Å²) in [6, 6.07) is 5.86. The van der Waals surface area contributed by atoms with Gasteiger partial charge in [-0.2, -0.15) is 0 Å². The molecule has 0 spiro atoms. The van der Waals surface area contributed by atoms with Crippen LogP contribution in [0.2, 0.25) is 0 Å². The van der Waals surface area contributed by atoms with Gasteiger partial charge in [0.25, 0.3) is 5.91 Å². The van der Waals surface area contributed by atoms with Crippen LogP contribution in [0.1, 0.15) is 24.8 Å². The molecule has 3 rings (SSSR count). The molecule has 0 saturated heterocycles. The van der Waals surface area contributed by atoms with Gasteiger partial charge < -0.3 is 0 Å². The number of amides is 1. The molecule has 0 atom stereocenters. The first-order chi connectivity index (χ1) is 7.84. The van der Waals surface area contributed by atoms with Crippen LogP contribution in [0.25, 0.3) is 6.08 Å². The fourth-order valence-corrected chi connectivity index (χ4v) is 2.25. The van der Waals surface area contributed by atoms with Crippen LogP contribution in [-0.4, -0.2) is 18.2 Å². The normalized spacial score (nSPS) is 18.5. The first-order valence-corrected chi connectivity index (χ1v) is 5.62. The predicted octanol–water partition coefficient (Wildman–Crippen LogP) is 0.600. The summed E-state index contributed by atoms with van der Waals surface area (Å²) in [5, 5.41) is 1.74. The number of fused-ring (bicyclic) bond motifs is 1. The fraction of sp³-hybridized carbons (Fsp3) is 0.308. The van der Waals surface area contributed by atoms with E-state index < -0.39 is 0 Å². The number of benzene rings is 1. The maximum absolute atomic E-state index is 11.3. The molecule has 1 aromatic rings. The van der Waals surface area contributed by atoms with Crippen molar-refractivity contribution >= 4 is 17.7 Å². The second-order valence-corrected chi connectivity index (χ2v) is 4.12. The Morgan fingerprint density at radius 2 is 2.12 bits per heavy atom. The Bertz CT molecular complexity index is 599. The minimum atomic E-state index is -0.154. The van der Waals surface area contributed by atoms with E-state index in [0.717, 1.165) is 34.8 Å². The summed E-state index contributed by atoms with van der Waals surface area (Å²) in [7, 11) is 0. The van der Waals surface area contributed by atoms with Gasteiger partial charge in [-0.3, -0.25) is 9.79 Å². The number of rotatable bonds is 1. The summed E-state index contributed by atoms with van der Waals surface area (Å²) in [6.07, 6.45) is 4.99. The van der Waals surface area contributed by atoms with Crippen LogP contribution in [-0.2, 0) is 4.79 Å². The topological polar surface area (TPSA) is 41.8 Å². The third-order valence-corrected chi connectivity index (χ3v) is 3.02. The maximum Gasteiger partial charge on any atom is 0.270 e. The summed E-state index contributed by atoms with van der Waals surface area (Å²) >= 11 is 0. The van der Waals surface area contributed by atoms with E-state index in [2.05, 4.69) is 9.98 Å². The van der Waals surface area contributed by atoms with Gasteiger partial charge in [0.15, 0.2) is 0 Å². The molecule has 0 aromatic heterocycles. The number of carbonyl (C=O) groups is 1. The molecule has 16 heavy (non-hydrogen) atoms. The van der Waals surface area contributed by atoms with Crippen molar-refractivity contribution in [3.63, 3.8) is 0 Å². The predicted molar refractivity (Wildman–Crippen MR) is 62.0 cm³/mol. The number of aliphatic imine (C=N–C) groups is 1. The monoisotopic (exact) mass is 212 g/mol. The van der Waals surface area contributed by atoms with Gasteiger partial charge in [0.1, 0.15) is 0 Å². The van der Waals surface area contributed by atoms with Crippen molar-refractivity contribution in [3.8, 4) is 0 Å². The molecule has 2 aliphatic rings. The minimum Gasteiger partial charge on any atom is -0.289 e. The van der Waals surface area contributed by atoms with Crippen molar-refractivity contribution in [2.45, 2.75) is 19.3 Å². The lowest BCUT2D eigenvalue weighted by molar-refractivity contribution is -0.112. The van der Waals surface area contributed by atoms with Crippen LogP contribution in [0.4, 0.5) is 0 Å². The minimum absolute atomic E-state index is 0.154.